The Morgan fingerprint density at radius 1 is 1.27 bits per heavy atom. The van der Waals surface area contributed by atoms with Gasteiger partial charge >= 0.3 is 6.09 Å². The lowest BCUT2D eigenvalue weighted by Gasteiger charge is -2.21. The SMILES string of the molecule is CCSCc1ccc(CC(C=O)NC(=O)OC(C)(C)C)cc1. The highest BCUT2D eigenvalue weighted by molar-refractivity contribution is 7.98. The summed E-state index contributed by atoms with van der Waals surface area (Å²) in [6, 6.07) is 7.55. The Morgan fingerprint density at radius 3 is 2.36 bits per heavy atom. The van der Waals surface area contributed by atoms with Crippen LogP contribution in [-0.2, 0) is 21.7 Å². The van der Waals surface area contributed by atoms with Crippen LogP contribution in [0, 0.1) is 0 Å². The van der Waals surface area contributed by atoms with Crippen molar-refractivity contribution in [3.63, 3.8) is 0 Å². The highest BCUT2D eigenvalue weighted by Crippen LogP contribution is 2.13. The molecule has 0 radical (unpaired) electrons. The van der Waals surface area contributed by atoms with Crippen LogP contribution >= 0.6 is 11.8 Å². The minimum absolute atomic E-state index is 0.462. The van der Waals surface area contributed by atoms with Gasteiger partial charge in [0.25, 0.3) is 0 Å². The topological polar surface area (TPSA) is 55.4 Å². The Bertz CT molecular complexity index is 480. The van der Waals surface area contributed by atoms with E-state index in [0.29, 0.717) is 6.42 Å². The molecule has 0 aliphatic heterocycles. The number of hydrogen-bond donors (Lipinski definition) is 1. The molecule has 5 heteroatoms. The highest BCUT2D eigenvalue weighted by Gasteiger charge is 2.19. The second-order valence-electron chi connectivity index (χ2n) is 6.05. The quantitative estimate of drug-likeness (QED) is 0.779. The van der Waals surface area contributed by atoms with Crippen molar-refractivity contribution in [3.05, 3.63) is 35.4 Å². The molecule has 1 unspecified atom stereocenters. The molecule has 0 spiro atoms. The normalized spacial score (nSPS) is 12.5. The number of nitrogens with one attached hydrogen (secondary N) is 1. The summed E-state index contributed by atoms with van der Waals surface area (Å²) in [7, 11) is 0. The van der Waals surface area contributed by atoms with Crippen LogP contribution in [0.3, 0.4) is 0 Å². The number of rotatable bonds is 7. The van der Waals surface area contributed by atoms with Crippen molar-refractivity contribution < 1.29 is 14.3 Å². The Kier molecular flexibility index (Phi) is 7.45. The summed E-state index contributed by atoms with van der Waals surface area (Å²) in [6.45, 7) is 7.50. The Hall–Kier alpha value is -1.49. The number of carbonyl (C=O) groups excluding carboxylic acids is 2. The first-order valence-electron chi connectivity index (χ1n) is 7.44. The molecule has 1 rings (SSSR count). The number of thioether (sulfide) groups is 1. The van der Waals surface area contributed by atoms with Crippen molar-refractivity contribution in [2.24, 2.45) is 0 Å². The van der Waals surface area contributed by atoms with Gasteiger partial charge in [-0.3, -0.25) is 0 Å². The molecule has 4 nitrogen and oxygen atoms in total. The second kappa shape index (κ2) is 8.83. The summed E-state index contributed by atoms with van der Waals surface area (Å²) in [5.41, 5.74) is 1.70. The van der Waals surface area contributed by atoms with Gasteiger partial charge in [-0.15, -0.1) is 0 Å². The zero-order valence-electron chi connectivity index (χ0n) is 13.7. The number of ether oxygens (including phenoxy) is 1. The average Bonchev–Trinajstić information content (AvgIpc) is 2.43. The summed E-state index contributed by atoms with van der Waals surface area (Å²) in [5, 5.41) is 2.59. The molecule has 0 aliphatic carbocycles. The number of carbonyl (C=O) groups is 2. The van der Waals surface area contributed by atoms with E-state index in [0.717, 1.165) is 23.4 Å². The summed E-state index contributed by atoms with van der Waals surface area (Å²) >= 11 is 1.87. The van der Waals surface area contributed by atoms with Gasteiger partial charge in [-0.05, 0) is 44.1 Å². The van der Waals surface area contributed by atoms with Crippen molar-refractivity contribution in [1.82, 2.24) is 5.32 Å². The second-order valence-corrected chi connectivity index (χ2v) is 7.32. The molecule has 1 aromatic carbocycles. The molecule has 1 N–H and O–H groups in total. The van der Waals surface area contributed by atoms with E-state index in [9.17, 15) is 9.59 Å². The Morgan fingerprint density at radius 2 is 1.86 bits per heavy atom. The molecular weight excluding hydrogens is 298 g/mol. The zero-order valence-corrected chi connectivity index (χ0v) is 14.5. The van der Waals surface area contributed by atoms with E-state index < -0.39 is 17.7 Å². The smallest absolute Gasteiger partial charge is 0.408 e. The van der Waals surface area contributed by atoms with Crippen LogP contribution < -0.4 is 5.32 Å². The third-order valence-corrected chi connectivity index (χ3v) is 3.76. The maximum Gasteiger partial charge on any atom is 0.408 e. The molecule has 0 saturated heterocycles. The Balaban J connectivity index is 2.55. The largest absolute Gasteiger partial charge is 0.444 e. The van der Waals surface area contributed by atoms with Crippen LogP contribution in [0.2, 0.25) is 0 Å². The maximum atomic E-state index is 11.7. The minimum Gasteiger partial charge on any atom is -0.444 e. The molecular formula is C17H25NO3S. The van der Waals surface area contributed by atoms with Gasteiger partial charge in [0.05, 0.1) is 6.04 Å². The summed E-state index contributed by atoms with van der Waals surface area (Å²) in [4.78, 5) is 22.8. The molecule has 0 aliphatic rings. The van der Waals surface area contributed by atoms with E-state index in [1.165, 1.54) is 5.56 Å². The van der Waals surface area contributed by atoms with Gasteiger partial charge in [-0.2, -0.15) is 11.8 Å². The number of hydrogen-bond acceptors (Lipinski definition) is 4. The lowest BCUT2D eigenvalue weighted by molar-refractivity contribution is -0.109. The number of benzene rings is 1. The third kappa shape index (κ3) is 7.50. The van der Waals surface area contributed by atoms with Crippen LogP contribution in [0.5, 0.6) is 0 Å². The summed E-state index contributed by atoms with van der Waals surface area (Å²) < 4.78 is 5.16. The van der Waals surface area contributed by atoms with Gasteiger partial charge in [0.15, 0.2) is 0 Å². The first-order valence-corrected chi connectivity index (χ1v) is 8.60. The van der Waals surface area contributed by atoms with Crippen molar-refractivity contribution >= 4 is 24.1 Å². The first-order chi connectivity index (χ1) is 10.3. The van der Waals surface area contributed by atoms with Gasteiger partial charge < -0.3 is 14.8 Å². The molecule has 0 saturated carbocycles. The van der Waals surface area contributed by atoms with E-state index in [1.54, 1.807) is 20.8 Å². The lowest BCUT2D eigenvalue weighted by Crippen LogP contribution is -2.41. The van der Waals surface area contributed by atoms with Crippen LogP contribution in [0.25, 0.3) is 0 Å². The molecule has 1 atom stereocenters. The Labute approximate surface area is 137 Å². The van der Waals surface area contributed by atoms with Crippen molar-refractivity contribution in [1.29, 1.82) is 0 Å². The van der Waals surface area contributed by atoms with E-state index in [-0.39, 0.29) is 0 Å². The van der Waals surface area contributed by atoms with Gasteiger partial charge in [0, 0.05) is 5.75 Å². The predicted octanol–water partition coefficient (Wildman–Crippen LogP) is 3.57. The van der Waals surface area contributed by atoms with E-state index in [2.05, 4.69) is 24.4 Å². The molecule has 0 fully saturated rings. The molecule has 122 valence electrons. The number of amides is 1. The van der Waals surface area contributed by atoms with Crippen LogP contribution in [-0.4, -0.2) is 29.8 Å². The molecule has 1 aromatic rings. The molecule has 0 bridgehead atoms. The van der Waals surface area contributed by atoms with Crippen LogP contribution in [0.15, 0.2) is 24.3 Å². The van der Waals surface area contributed by atoms with Gasteiger partial charge in [-0.25, -0.2) is 4.79 Å². The van der Waals surface area contributed by atoms with Gasteiger partial charge in [0.2, 0.25) is 0 Å². The highest BCUT2D eigenvalue weighted by atomic mass is 32.2. The first kappa shape index (κ1) is 18.6. The molecule has 22 heavy (non-hydrogen) atoms. The van der Waals surface area contributed by atoms with Crippen molar-refractivity contribution in [2.45, 2.75) is 51.5 Å². The molecule has 0 aromatic heterocycles. The van der Waals surface area contributed by atoms with Gasteiger partial charge in [0.1, 0.15) is 11.9 Å². The fraction of sp³-hybridized carbons (Fsp3) is 0.529. The fourth-order valence-corrected chi connectivity index (χ4v) is 2.47. The van der Waals surface area contributed by atoms with E-state index in [1.807, 2.05) is 23.9 Å². The fourth-order valence-electron chi connectivity index (χ4n) is 1.84. The average molecular weight is 323 g/mol. The summed E-state index contributed by atoms with van der Waals surface area (Å²) in [6.07, 6.45) is 0.634. The van der Waals surface area contributed by atoms with Crippen LogP contribution in [0.4, 0.5) is 4.79 Å². The van der Waals surface area contributed by atoms with Crippen molar-refractivity contribution in [3.8, 4) is 0 Å². The molecule has 0 heterocycles. The zero-order chi connectivity index (χ0) is 16.6. The van der Waals surface area contributed by atoms with Gasteiger partial charge in [-0.1, -0.05) is 31.2 Å². The van der Waals surface area contributed by atoms with E-state index >= 15 is 0 Å². The summed E-state index contributed by atoms with van der Waals surface area (Å²) in [5.74, 6) is 2.08. The monoisotopic (exact) mass is 323 g/mol. The van der Waals surface area contributed by atoms with Crippen molar-refractivity contribution in [2.75, 3.05) is 5.75 Å². The standard InChI is InChI=1S/C17H25NO3S/c1-5-22-12-14-8-6-13(7-9-14)10-15(11-19)18-16(20)21-17(2,3)4/h6-9,11,15H,5,10,12H2,1-4H3,(H,18,20). The number of alkyl carbamates (subject to hydrolysis) is 1. The van der Waals surface area contributed by atoms with E-state index in [4.69, 9.17) is 4.74 Å². The third-order valence-electron chi connectivity index (χ3n) is 2.82. The van der Waals surface area contributed by atoms with Crippen LogP contribution in [0.1, 0.15) is 38.8 Å². The number of aldehydes is 1. The molecule has 1 amide bonds. The maximum absolute atomic E-state index is 11.7. The minimum atomic E-state index is -0.578. The lowest BCUT2D eigenvalue weighted by atomic mass is 10.1. The predicted molar refractivity (Wildman–Crippen MR) is 91.2 cm³/mol.